The molecule has 0 amide bonds. The molecule has 3 aromatic rings. The topological polar surface area (TPSA) is 72.2 Å². The summed E-state index contributed by atoms with van der Waals surface area (Å²) in [5.41, 5.74) is 1.94. The number of hydrogen-bond acceptors (Lipinski definition) is 4. The van der Waals surface area contributed by atoms with E-state index in [1.165, 1.54) is 6.07 Å². The second-order valence-corrected chi connectivity index (χ2v) is 7.13. The van der Waals surface area contributed by atoms with E-state index in [-0.39, 0.29) is 11.5 Å². The molecule has 5 nitrogen and oxygen atoms in total. The third-order valence-electron chi connectivity index (χ3n) is 5.24. The summed E-state index contributed by atoms with van der Waals surface area (Å²) in [5.74, 6) is -0.0424. The van der Waals surface area contributed by atoms with Crippen LogP contribution in [0, 0.1) is 10.1 Å². The molecule has 5 heteroatoms. The predicted octanol–water partition coefficient (Wildman–Crippen LogP) is 5.67. The molecule has 30 heavy (non-hydrogen) atoms. The lowest BCUT2D eigenvalue weighted by molar-refractivity contribution is -0.384. The summed E-state index contributed by atoms with van der Waals surface area (Å²) in [5, 5.41) is 14.9. The number of nitrogens with one attached hydrogen (secondary N) is 1. The van der Waals surface area contributed by atoms with Gasteiger partial charge in [-0.15, -0.1) is 0 Å². The summed E-state index contributed by atoms with van der Waals surface area (Å²) in [6, 6.07) is 25.5. The van der Waals surface area contributed by atoms with Gasteiger partial charge < -0.3 is 5.32 Å². The summed E-state index contributed by atoms with van der Waals surface area (Å²) in [4.78, 5) is 23.9. The second-order valence-electron chi connectivity index (χ2n) is 7.13. The second kappa shape index (κ2) is 8.17. The minimum Gasteiger partial charge on any atom is -0.366 e. The van der Waals surface area contributed by atoms with Crippen LogP contribution < -0.4 is 5.32 Å². The zero-order valence-corrected chi connectivity index (χ0v) is 16.2. The lowest BCUT2D eigenvalue weighted by Crippen LogP contribution is -2.34. The number of ketones is 1. The Kier molecular flexibility index (Phi) is 5.26. The molecule has 1 unspecified atom stereocenters. The molecule has 0 radical (unpaired) electrons. The van der Waals surface area contributed by atoms with E-state index in [9.17, 15) is 14.9 Å². The van der Waals surface area contributed by atoms with Gasteiger partial charge in [0, 0.05) is 17.2 Å². The average molecular weight is 396 g/mol. The fraction of sp³-hybridized carbons (Fsp3) is 0.0800. The quantitative estimate of drug-likeness (QED) is 0.331. The Morgan fingerprint density at radius 2 is 1.53 bits per heavy atom. The highest BCUT2D eigenvalue weighted by Gasteiger charge is 2.33. The van der Waals surface area contributed by atoms with Crippen molar-refractivity contribution in [2.45, 2.75) is 12.0 Å². The summed E-state index contributed by atoms with van der Waals surface area (Å²) in [7, 11) is 0. The molecule has 0 saturated heterocycles. The van der Waals surface area contributed by atoms with E-state index in [1.807, 2.05) is 60.7 Å². The summed E-state index contributed by atoms with van der Waals surface area (Å²) in [6.45, 7) is 0. The number of nitro benzene ring substituents is 1. The Balaban J connectivity index is 1.70. The van der Waals surface area contributed by atoms with Crippen LogP contribution >= 0.6 is 0 Å². The van der Waals surface area contributed by atoms with Crippen molar-refractivity contribution in [3.05, 3.63) is 130 Å². The van der Waals surface area contributed by atoms with Gasteiger partial charge in [-0.1, -0.05) is 91.0 Å². The van der Waals surface area contributed by atoms with E-state index in [2.05, 4.69) is 5.32 Å². The Bertz CT molecular complexity index is 1140. The number of nitrogens with zero attached hydrogens (tertiary/aromatic N) is 1. The highest BCUT2D eigenvalue weighted by molar-refractivity contribution is 6.10. The van der Waals surface area contributed by atoms with Crippen LogP contribution in [0.5, 0.6) is 0 Å². The van der Waals surface area contributed by atoms with Crippen LogP contribution in [0.3, 0.4) is 0 Å². The van der Waals surface area contributed by atoms with E-state index in [4.69, 9.17) is 0 Å². The number of carbonyl (C=O) groups is 1. The lowest BCUT2D eigenvalue weighted by atomic mass is 9.80. The Morgan fingerprint density at radius 3 is 2.17 bits per heavy atom. The number of benzene rings is 3. The van der Waals surface area contributed by atoms with Crippen molar-refractivity contribution in [1.29, 1.82) is 0 Å². The van der Waals surface area contributed by atoms with Crippen LogP contribution in [-0.2, 0) is 5.54 Å². The highest BCUT2D eigenvalue weighted by Crippen LogP contribution is 2.38. The number of nitro groups is 1. The van der Waals surface area contributed by atoms with Gasteiger partial charge in [0.05, 0.1) is 10.5 Å². The Hall–Kier alpha value is -3.99. The maximum atomic E-state index is 12.8. The van der Waals surface area contributed by atoms with Crippen LogP contribution in [0.4, 0.5) is 11.4 Å². The number of anilines is 1. The van der Waals surface area contributed by atoms with Gasteiger partial charge in [0.25, 0.3) is 5.69 Å². The molecule has 0 aromatic heterocycles. The van der Waals surface area contributed by atoms with Gasteiger partial charge in [-0.2, -0.15) is 0 Å². The third-order valence-corrected chi connectivity index (χ3v) is 5.24. The van der Waals surface area contributed by atoms with Gasteiger partial charge in [0.1, 0.15) is 5.69 Å². The van der Waals surface area contributed by atoms with Crippen LogP contribution in [0.1, 0.15) is 22.3 Å². The molecule has 1 atom stereocenters. The first-order valence-corrected chi connectivity index (χ1v) is 9.65. The molecule has 148 valence electrons. The number of rotatable bonds is 6. The lowest BCUT2D eigenvalue weighted by Gasteiger charge is -2.35. The molecule has 1 aliphatic carbocycles. The van der Waals surface area contributed by atoms with E-state index in [0.29, 0.717) is 23.2 Å². The molecule has 0 heterocycles. The van der Waals surface area contributed by atoms with Crippen molar-refractivity contribution < 1.29 is 9.72 Å². The van der Waals surface area contributed by atoms with E-state index in [1.54, 1.807) is 36.4 Å². The van der Waals surface area contributed by atoms with E-state index in [0.717, 1.165) is 5.56 Å². The molecule has 0 bridgehead atoms. The Morgan fingerprint density at radius 1 is 0.900 bits per heavy atom. The van der Waals surface area contributed by atoms with Gasteiger partial charge in [-0.25, -0.2) is 0 Å². The van der Waals surface area contributed by atoms with Crippen LogP contribution in [-0.4, -0.2) is 10.7 Å². The van der Waals surface area contributed by atoms with Gasteiger partial charge in [-0.3, -0.25) is 14.9 Å². The number of carbonyl (C=O) groups excluding carboxylic acids is 1. The highest BCUT2D eigenvalue weighted by atomic mass is 16.6. The summed E-state index contributed by atoms with van der Waals surface area (Å²) >= 11 is 0. The molecule has 0 saturated carbocycles. The fourth-order valence-electron chi connectivity index (χ4n) is 3.66. The first-order valence-electron chi connectivity index (χ1n) is 9.65. The molecule has 0 spiro atoms. The minimum atomic E-state index is -0.701. The first-order chi connectivity index (χ1) is 14.6. The SMILES string of the molecule is O=C(C1=CCC(Nc2ccccc2[N+](=O)[O-])(c2ccccc2)C=C1)c1ccccc1. The van der Waals surface area contributed by atoms with Gasteiger partial charge in [-0.05, 0) is 18.1 Å². The standard InChI is InChI=1S/C25H20N2O3/c28-24(19-9-3-1-4-10-19)20-15-17-25(18-16-20,21-11-5-2-6-12-21)26-22-13-7-8-14-23(22)27(29)30/h1-17,26H,18H2. The average Bonchev–Trinajstić information content (AvgIpc) is 2.80. The molecule has 1 aliphatic rings. The van der Waals surface area contributed by atoms with E-state index >= 15 is 0 Å². The zero-order valence-electron chi connectivity index (χ0n) is 16.2. The third kappa shape index (κ3) is 3.78. The van der Waals surface area contributed by atoms with Gasteiger partial charge >= 0.3 is 0 Å². The van der Waals surface area contributed by atoms with Gasteiger partial charge in [0.2, 0.25) is 0 Å². The van der Waals surface area contributed by atoms with Crippen molar-refractivity contribution in [2.24, 2.45) is 0 Å². The van der Waals surface area contributed by atoms with E-state index < -0.39 is 10.5 Å². The van der Waals surface area contributed by atoms with Crippen molar-refractivity contribution in [1.82, 2.24) is 0 Å². The smallest absolute Gasteiger partial charge is 0.292 e. The summed E-state index contributed by atoms with van der Waals surface area (Å²) in [6.07, 6.45) is 6.10. The number of Topliss-reactive ketones (excluding diaryl/α,β-unsaturated/α-hetero) is 1. The molecule has 3 aromatic carbocycles. The van der Waals surface area contributed by atoms with Crippen molar-refractivity contribution >= 4 is 17.2 Å². The Labute approximate surface area is 174 Å². The zero-order chi connectivity index (χ0) is 21.0. The number of allylic oxidation sites excluding steroid dienone is 2. The van der Waals surface area contributed by atoms with Crippen molar-refractivity contribution in [3.63, 3.8) is 0 Å². The molecule has 0 aliphatic heterocycles. The first kappa shape index (κ1) is 19.3. The van der Waals surface area contributed by atoms with Crippen LogP contribution in [0.2, 0.25) is 0 Å². The maximum absolute atomic E-state index is 12.8. The number of hydrogen-bond donors (Lipinski definition) is 1. The van der Waals surface area contributed by atoms with Crippen molar-refractivity contribution in [2.75, 3.05) is 5.32 Å². The van der Waals surface area contributed by atoms with Gasteiger partial charge in [0.15, 0.2) is 5.78 Å². The number of para-hydroxylation sites is 2. The predicted molar refractivity (Wildman–Crippen MR) is 117 cm³/mol. The minimum absolute atomic E-state index is 0.0105. The molecule has 0 fully saturated rings. The van der Waals surface area contributed by atoms with Crippen LogP contribution in [0.15, 0.2) is 109 Å². The maximum Gasteiger partial charge on any atom is 0.292 e. The fourth-order valence-corrected chi connectivity index (χ4v) is 3.66. The molecular weight excluding hydrogens is 376 g/mol. The van der Waals surface area contributed by atoms with Crippen molar-refractivity contribution in [3.8, 4) is 0 Å². The molecule has 4 rings (SSSR count). The summed E-state index contributed by atoms with van der Waals surface area (Å²) < 4.78 is 0. The molecule has 1 N–H and O–H groups in total. The normalized spacial score (nSPS) is 17.8. The molecular formula is C25H20N2O3. The van der Waals surface area contributed by atoms with Crippen LogP contribution in [0.25, 0.3) is 0 Å². The largest absolute Gasteiger partial charge is 0.366 e. The monoisotopic (exact) mass is 396 g/mol.